The van der Waals surface area contributed by atoms with Crippen molar-refractivity contribution in [3.63, 3.8) is 0 Å². The molecule has 0 spiro atoms. The molecule has 1 aromatic heterocycles. The van der Waals surface area contributed by atoms with E-state index in [0.29, 0.717) is 0 Å². The smallest absolute Gasteiger partial charge is 0.0606 e. The molecule has 1 rings (SSSR count). The van der Waals surface area contributed by atoms with E-state index in [4.69, 9.17) is 17.0 Å². The standard InChI is InChI=1S/C15H24N2OS/c1-13-15(16-2)14(8-9-17-13)7-3-4-10-18-11-5-6-12-19/h8-9,12,16H,3-7,10-11H2,1-2H3. The van der Waals surface area contributed by atoms with Crippen LogP contribution in [0, 0.1) is 6.92 Å². The molecule has 1 aromatic rings. The van der Waals surface area contributed by atoms with E-state index in [0.717, 1.165) is 51.0 Å². The minimum Gasteiger partial charge on any atom is -0.386 e. The van der Waals surface area contributed by atoms with Gasteiger partial charge in [0.2, 0.25) is 0 Å². The zero-order chi connectivity index (χ0) is 13.9. The summed E-state index contributed by atoms with van der Waals surface area (Å²) in [5.74, 6) is 0. The Hall–Kier alpha value is -1.00. The second kappa shape index (κ2) is 9.87. The number of pyridine rings is 1. The zero-order valence-corrected chi connectivity index (χ0v) is 12.8. The molecule has 0 bridgehead atoms. The minimum atomic E-state index is 0.823. The average Bonchev–Trinajstić information content (AvgIpc) is 2.42. The predicted molar refractivity (Wildman–Crippen MR) is 85.2 cm³/mol. The normalized spacial score (nSPS) is 10.4. The van der Waals surface area contributed by atoms with Crippen LogP contribution in [-0.2, 0) is 11.2 Å². The Kier molecular flexibility index (Phi) is 8.34. The molecule has 0 aliphatic rings. The maximum atomic E-state index is 5.56. The highest BCUT2D eigenvalue weighted by atomic mass is 32.1. The minimum absolute atomic E-state index is 0.823. The van der Waals surface area contributed by atoms with E-state index in [1.807, 2.05) is 20.2 Å². The fourth-order valence-corrected chi connectivity index (χ4v) is 2.23. The molecule has 1 N–H and O–H groups in total. The monoisotopic (exact) mass is 280 g/mol. The van der Waals surface area contributed by atoms with Crippen molar-refractivity contribution >= 4 is 23.3 Å². The molecule has 0 atom stereocenters. The predicted octanol–water partition coefficient (Wildman–Crippen LogP) is 3.55. The third kappa shape index (κ3) is 6.12. The highest BCUT2D eigenvalue weighted by Crippen LogP contribution is 2.19. The fourth-order valence-electron chi connectivity index (χ4n) is 2.06. The first-order valence-electron chi connectivity index (χ1n) is 6.93. The van der Waals surface area contributed by atoms with Gasteiger partial charge in [0.15, 0.2) is 0 Å². The Morgan fingerprint density at radius 3 is 2.84 bits per heavy atom. The van der Waals surface area contributed by atoms with Gasteiger partial charge in [0.1, 0.15) is 0 Å². The van der Waals surface area contributed by atoms with Crippen molar-refractivity contribution in [2.24, 2.45) is 0 Å². The molecular weight excluding hydrogens is 256 g/mol. The molecule has 19 heavy (non-hydrogen) atoms. The number of hydrogen-bond acceptors (Lipinski definition) is 4. The molecule has 0 aliphatic carbocycles. The molecule has 0 aromatic carbocycles. The summed E-state index contributed by atoms with van der Waals surface area (Å²) in [5.41, 5.74) is 3.58. The summed E-state index contributed by atoms with van der Waals surface area (Å²) < 4.78 is 5.56. The van der Waals surface area contributed by atoms with Crippen molar-refractivity contribution in [1.29, 1.82) is 0 Å². The van der Waals surface area contributed by atoms with Crippen molar-refractivity contribution < 1.29 is 4.74 Å². The van der Waals surface area contributed by atoms with E-state index in [1.165, 1.54) is 11.3 Å². The van der Waals surface area contributed by atoms with Crippen LogP contribution in [0.5, 0.6) is 0 Å². The first kappa shape index (κ1) is 16.1. The highest BCUT2D eigenvalue weighted by molar-refractivity contribution is 7.78. The largest absolute Gasteiger partial charge is 0.386 e. The molecule has 0 radical (unpaired) electrons. The van der Waals surface area contributed by atoms with Crippen LogP contribution in [0.15, 0.2) is 12.3 Å². The number of rotatable bonds is 10. The summed E-state index contributed by atoms with van der Waals surface area (Å²) in [6, 6.07) is 2.10. The number of hydrogen-bond donors (Lipinski definition) is 1. The number of aromatic nitrogens is 1. The van der Waals surface area contributed by atoms with Crippen molar-refractivity contribution in [2.45, 2.75) is 39.0 Å². The lowest BCUT2D eigenvalue weighted by molar-refractivity contribution is 0.129. The molecule has 0 saturated heterocycles. The molecule has 0 unspecified atom stereocenters. The van der Waals surface area contributed by atoms with Gasteiger partial charge in [-0.2, -0.15) is 0 Å². The summed E-state index contributed by atoms with van der Waals surface area (Å²) in [5, 5.41) is 5.00. The lowest BCUT2D eigenvalue weighted by Gasteiger charge is -2.11. The summed E-state index contributed by atoms with van der Waals surface area (Å²) in [6.45, 7) is 3.70. The van der Waals surface area contributed by atoms with Gasteiger partial charge in [0, 0.05) is 26.5 Å². The number of unbranched alkanes of at least 4 members (excludes halogenated alkanes) is 2. The quantitative estimate of drug-likeness (QED) is 0.525. The summed E-state index contributed by atoms with van der Waals surface area (Å²) in [7, 11) is 1.95. The van der Waals surface area contributed by atoms with Crippen LogP contribution in [0.4, 0.5) is 5.69 Å². The van der Waals surface area contributed by atoms with Crippen molar-refractivity contribution in [1.82, 2.24) is 4.98 Å². The van der Waals surface area contributed by atoms with E-state index >= 15 is 0 Å². The van der Waals surface area contributed by atoms with E-state index < -0.39 is 0 Å². The molecule has 0 amide bonds. The Morgan fingerprint density at radius 2 is 2.11 bits per heavy atom. The van der Waals surface area contributed by atoms with Crippen LogP contribution < -0.4 is 5.32 Å². The van der Waals surface area contributed by atoms with Gasteiger partial charge < -0.3 is 10.1 Å². The van der Waals surface area contributed by atoms with Crippen LogP contribution in [-0.4, -0.2) is 30.6 Å². The van der Waals surface area contributed by atoms with Crippen LogP contribution in [0.3, 0.4) is 0 Å². The van der Waals surface area contributed by atoms with Gasteiger partial charge >= 0.3 is 0 Å². The molecule has 1 heterocycles. The van der Waals surface area contributed by atoms with E-state index in [1.54, 1.807) is 5.37 Å². The van der Waals surface area contributed by atoms with Gasteiger partial charge in [-0.05, 0) is 56.0 Å². The van der Waals surface area contributed by atoms with Crippen LogP contribution in [0.2, 0.25) is 0 Å². The molecule has 0 fully saturated rings. The maximum Gasteiger partial charge on any atom is 0.0606 e. The van der Waals surface area contributed by atoms with Crippen molar-refractivity contribution in [3.8, 4) is 0 Å². The first-order valence-corrected chi connectivity index (χ1v) is 7.40. The van der Waals surface area contributed by atoms with Gasteiger partial charge in [-0.25, -0.2) is 0 Å². The lowest BCUT2D eigenvalue weighted by Crippen LogP contribution is -2.02. The summed E-state index contributed by atoms with van der Waals surface area (Å²) >= 11 is 4.77. The molecular formula is C15H24N2OS. The van der Waals surface area contributed by atoms with Crippen LogP contribution >= 0.6 is 12.2 Å². The number of nitrogens with one attached hydrogen (secondary N) is 1. The van der Waals surface area contributed by atoms with Gasteiger partial charge in [0.25, 0.3) is 0 Å². The van der Waals surface area contributed by atoms with Crippen LogP contribution in [0.1, 0.15) is 36.9 Å². The fraction of sp³-hybridized carbons (Fsp3) is 0.600. The van der Waals surface area contributed by atoms with Crippen molar-refractivity contribution in [2.75, 3.05) is 25.6 Å². The van der Waals surface area contributed by atoms with Gasteiger partial charge in [-0.15, -0.1) is 0 Å². The lowest BCUT2D eigenvalue weighted by atomic mass is 10.1. The number of ether oxygens (including phenoxy) is 1. The molecule has 0 aliphatic heterocycles. The van der Waals surface area contributed by atoms with Gasteiger partial charge in [0.05, 0.1) is 11.4 Å². The third-order valence-corrected chi connectivity index (χ3v) is 3.31. The molecule has 0 saturated carbocycles. The Bertz CT molecular complexity index is 382. The van der Waals surface area contributed by atoms with E-state index in [9.17, 15) is 0 Å². The summed E-state index contributed by atoms with van der Waals surface area (Å²) in [4.78, 5) is 4.30. The highest BCUT2D eigenvalue weighted by Gasteiger charge is 2.04. The Morgan fingerprint density at radius 1 is 1.32 bits per heavy atom. The molecule has 106 valence electrons. The van der Waals surface area contributed by atoms with Crippen LogP contribution in [0.25, 0.3) is 0 Å². The van der Waals surface area contributed by atoms with Gasteiger partial charge in [-0.1, -0.05) is 12.2 Å². The van der Waals surface area contributed by atoms with E-state index in [2.05, 4.69) is 16.4 Å². The Balaban J connectivity index is 2.19. The third-order valence-electron chi connectivity index (χ3n) is 3.07. The number of thiocarbonyl (C=S) groups is 1. The SMILES string of the molecule is CNc1c(CCCCOCCCC=S)ccnc1C. The molecule has 3 nitrogen and oxygen atoms in total. The summed E-state index contributed by atoms with van der Waals surface area (Å²) in [6.07, 6.45) is 7.21. The van der Waals surface area contributed by atoms with Gasteiger partial charge in [-0.3, -0.25) is 4.98 Å². The second-order valence-electron chi connectivity index (χ2n) is 4.56. The van der Waals surface area contributed by atoms with Crippen molar-refractivity contribution in [3.05, 3.63) is 23.5 Å². The zero-order valence-electron chi connectivity index (χ0n) is 11.9. The number of nitrogens with zero attached hydrogens (tertiary/aromatic N) is 1. The molecule has 4 heteroatoms. The van der Waals surface area contributed by atoms with E-state index in [-0.39, 0.29) is 0 Å². The second-order valence-corrected chi connectivity index (χ2v) is 4.89. The average molecular weight is 280 g/mol. The first-order chi connectivity index (χ1) is 9.29. The number of anilines is 1. The topological polar surface area (TPSA) is 34.1 Å². The number of aryl methyl sites for hydroxylation is 2. The maximum absolute atomic E-state index is 5.56. The Labute approximate surface area is 121 Å².